The van der Waals surface area contributed by atoms with Crippen LogP contribution in [0.3, 0.4) is 0 Å². The lowest BCUT2D eigenvalue weighted by atomic mass is 9.86. The van der Waals surface area contributed by atoms with Gasteiger partial charge >= 0.3 is 12.1 Å². The first-order valence-electron chi connectivity index (χ1n) is 18.2. The van der Waals surface area contributed by atoms with Gasteiger partial charge in [0.05, 0.1) is 39.9 Å². The number of nitrogens with zero attached hydrogens (tertiary/aromatic N) is 4. The number of nitrogens with one attached hydrogen (secondary N) is 1. The summed E-state index contributed by atoms with van der Waals surface area (Å²) in [7, 11) is -0.652. The van der Waals surface area contributed by atoms with Crippen molar-refractivity contribution >= 4 is 33.1 Å². The predicted octanol–water partition coefficient (Wildman–Crippen LogP) is 5.26. The molecule has 1 aliphatic rings. The maximum Gasteiger partial charge on any atom is 0.407 e. The molecule has 298 valence electrons. The summed E-state index contributed by atoms with van der Waals surface area (Å²) in [6, 6.07) is 14.3. The summed E-state index contributed by atoms with van der Waals surface area (Å²) in [6.07, 6.45) is -0.941. The quantitative estimate of drug-likeness (QED) is 0.123. The van der Waals surface area contributed by atoms with E-state index in [0.717, 1.165) is 27.8 Å². The Bertz CT molecular complexity index is 2100. The monoisotopic (exact) mass is 781 g/mol. The number of aryl methyl sites for hydroxylation is 2. The molecule has 0 aliphatic carbocycles. The third-order valence-corrected chi connectivity index (χ3v) is 10.7. The minimum atomic E-state index is -4.01. The van der Waals surface area contributed by atoms with Gasteiger partial charge in [0.25, 0.3) is 0 Å². The van der Waals surface area contributed by atoms with Gasteiger partial charge in [-0.2, -0.15) is 4.31 Å². The Hall–Kier alpha value is -4.93. The Morgan fingerprint density at radius 1 is 1.05 bits per heavy atom. The van der Waals surface area contributed by atoms with Crippen LogP contribution < -0.4 is 19.5 Å². The van der Waals surface area contributed by atoms with Crippen LogP contribution in [-0.2, 0) is 42.6 Å². The van der Waals surface area contributed by atoms with E-state index in [4.69, 9.17) is 28.4 Å². The lowest BCUT2D eigenvalue weighted by molar-refractivity contribution is -0.143. The zero-order chi connectivity index (χ0) is 39.9. The SMILES string of the molecule is CCOC(=O)CC(c1ccc(C)c(CN2C[C@@H](C)Oc3cc(OCCOCCNC(=O)OC(C)(C)C)ccc3S2(=O)=O)c1)c1cc(OC)c2c(c1)nnn2C. The summed E-state index contributed by atoms with van der Waals surface area (Å²) in [5.41, 5.74) is 4.02. The Morgan fingerprint density at radius 3 is 2.56 bits per heavy atom. The van der Waals surface area contributed by atoms with Crippen LogP contribution >= 0.6 is 0 Å². The highest BCUT2D eigenvalue weighted by molar-refractivity contribution is 7.89. The van der Waals surface area contributed by atoms with E-state index in [9.17, 15) is 18.0 Å². The molecule has 1 aromatic heterocycles. The molecular weight excluding hydrogens is 731 g/mol. The minimum absolute atomic E-state index is 0.0343. The summed E-state index contributed by atoms with van der Waals surface area (Å²) in [4.78, 5) is 24.7. The van der Waals surface area contributed by atoms with Crippen molar-refractivity contribution < 1.29 is 46.4 Å². The number of alkyl carbamates (subject to hydrolysis) is 1. The van der Waals surface area contributed by atoms with Crippen LogP contribution in [0.15, 0.2) is 53.4 Å². The van der Waals surface area contributed by atoms with Crippen LogP contribution in [0.4, 0.5) is 4.79 Å². The molecule has 0 bridgehead atoms. The van der Waals surface area contributed by atoms with Gasteiger partial charge in [0.2, 0.25) is 10.0 Å². The Balaban J connectivity index is 1.31. The maximum atomic E-state index is 14.2. The number of carbonyl (C=O) groups is 2. The number of fused-ring (bicyclic) bond motifs is 2. The summed E-state index contributed by atoms with van der Waals surface area (Å²) in [5.74, 6) is 0.381. The predicted molar refractivity (Wildman–Crippen MR) is 204 cm³/mol. The number of carbonyl (C=O) groups excluding carboxylic acids is 2. The van der Waals surface area contributed by atoms with E-state index in [1.54, 1.807) is 58.7 Å². The molecule has 1 unspecified atom stereocenters. The van der Waals surface area contributed by atoms with Crippen molar-refractivity contribution in [2.24, 2.45) is 7.05 Å². The van der Waals surface area contributed by atoms with E-state index in [1.807, 2.05) is 44.2 Å². The number of rotatable bonds is 15. The van der Waals surface area contributed by atoms with Gasteiger partial charge in [0, 0.05) is 32.1 Å². The third kappa shape index (κ3) is 10.4. The number of aromatic nitrogens is 3. The van der Waals surface area contributed by atoms with Crippen LogP contribution in [0.2, 0.25) is 0 Å². The van der Waals surface area contributed by atoms with Crippen LogP contribution in [0.5, 0.6) is 17.2 Å². The lowest BCUT2D eigenvalue weighted by Crippen LogP contribution is -2.35. The van der Waals surface area contributed by atoms with Crippen molar-refractivity contribution in [2.75, 3.05) is 46.6 Å². The summed E-state index contributed by atoms with van der Waals surface area (Å²) >= 11 is 0. The third-order valence-electron chi connectivity index (χ3n) is 8.84. The second kappa shape index (κ2) is 17.7. The van der Waals surface area contributed by atoms with Gasteiger partial charge in [-0.25, -0.2) is 17.9 Å². The number of methoxy groups -OCH3 is 1. The van der Waals surface area contributed by atoms with Crippen molar-refractivity contribution in [2.45, 2.75) is 77.0 Å². The summed E-state index contributed by atoms with van der Waals surface area (Å²) in [6.45, 7) is 12.3. The Labute approximate surface area is 322 Å². The lowest BCUT2D eigenvalue weighted by Gasteiger charge is -2.24. The number of esters is 1. The van der Waals surface area contributed by atoms with Crippen molar-refractivity contribution in [3.63, 3.8) is 0 Å². The van der Waals surface area contributed by atoms with Gasteiger partial charge in [-0.05, 0) is 88.1 Å². The van der Waals surface area contributed by atoms with Gasteiger partial charge in [0.1, 0.15) is 51.5 Å². The second-order valence-corrected chi connectivity index (χ2v) is 16.2. The van der Waals surface area contributed by atoms with Gasteiger partial charge in [0.15, 0.2) is 0 Å². The molecule has 16 heteroatoms. The highest BCUT2D eigenvalue weighted by Gasteiger charge is 2.34. The van der Waals surface area contributed by atoms with E-state index in [2.05, 4.69) is 15.6 Å². The van der Waals surface area contributed by atoms with Crippen molar-refractivity contribution in [3.05, 3.63) is 70.8 Å². The molecule has 0 spiro atoms. The molecule has 1 N–H and O–H groups in total. The van der Waals surface area contributed by atoms with Gasteiger partial charge in [-0.1, -0.05) is 23.4 Å². The second-order valence-electron chi connectivity index (χ2n) is 14.3. The van der Waals surface area contributed by atoms with Crippen molar-refractivity contribution in [3.8, 4) is 17.2 Å². The summed E-state index contributed by atoms with van der Waals surface area (Å²) in [5, 5.41) is 11.1. The van der Waals surface area contributed by atoms with E-state index >= 15 is 0 Å². The number of amides is 1. The van der Waals surface area contributed by atoms with E-state index < -0.39 is 33.7 Å². The van der Waals surface area contributed by atoms with E-state index in [1.165, 1.54) is 10.4 Å². The molecule has 0 saturated carbocycles. The molecular formula is C39H51N5O10S. The molecule has 1 aliphatic heterocycles. The average molecular weight is 782 g/mol. The van der Waals surface area contributed by atoms with E-state index in [-0.39, 0.29) is 69.1 Å². The number of ether oxygens (including phenoxy) is 6. The molecule has 55 heavy (non-hydrogen) atoms. The van der Waals surface area contributed by atoms with Crippen LogP contribution in [0.1, 0.15) is 69.2 Å². The van der Waals surface area contributed by atoms with Crippen LogP contribution in [0, 0.1) is 6.92 Å². The van der Waals surface area contributed by atoms with E-state index in [0.29, 0.717) is 17.0 Å². The zero-order valence-electron chi connectivity index (χ0n) is 32.7. The van der Waals surface area contributed by atoms with Crippen molar-refractivity contribution in [1.82, 2.24) is 24.6 Å². The highest BCUT2D eigenvalue weighted by Crippen LogP contribution is 2.38. The average Bonchev–Trinajstić information content (AvgIpc) is 3.46. The molecule has 2 atom stereocenters. The largest absolute Gasteiger partial charge is 0.494 e. The first-order valence-corrected chi connectivity index (χ1v) is 19.6. The zero-order valence-corrected chi connectivity index (χ0v) is 33.5. The molecule has 0 fully saturated rings. The van der Waals surface area contributed by atoms with Gasteiger partial charge in [-0.15, -0.1) is 5.10 Å². The highest BCUT2D eigenvalue weighted by atomic mass is 32.2. The Kier molecular flexibility index (Phi) is 13.3. The molecule has 1 amide bonds. The molecule has 4 aromatic rings. The molecule has 0 saturated heterocycles. The number of sulfonamides is 1. The number of benzene rings is 3. The molecule has 0 radical (unpaired) electrons. The van der Waals surface area contributed by atoms with Crippen LogP contribution in [0.25, 0.3) is 11.0 Å². The molecule has 15 nitrogen and oxygen atoms in total. The minimum Gasteiger partial charge on any atom is -0.494 e. The smallest absolute Gasteiger partial charge is 0.407 e. The van der Waals surface area contributed by atoms with Gasteiger partial charge < -0.3 is 33.7 Å². The first-order chi connectivity index (χ1) is 26.1. The fraction of sp³-hybridized carbons (Fsp3) is 0.487. The van der Waals surface area contributed by atoms with Crippen molar-refractivity contribution in [1.29, 1.82) is 0 Å². The number of hydrogen-bond donors (Lipinski definition) is 1. The van der Waals surface area contributed by atoms with Crippen LogP contribution in [-0.4, -0.2) is 98.1 Å². The fourth-order valence-electron chi connectivity index (χ4n) is 6.29. The topological polar surface area (TPSA) is 170 Å². The summed E-state index contributed by atoms with van der Waals surface area (Å²) < 4.78 is 65.2. The first kappa shape index (κ1) is 41.2. The maximum absolute atomic E-state index is 14.2. The molecule has 5 rings (SSSR count). The Morgan fingerprint density at radius 2 is 1.84 bits per heavy atom. The van der Waals surface area contributed by atoms with Gasteiger partial charge in [-0.3, -0.25) is 4.79 Å². The normalized spacial score (nSPS) is 16.0. The molecule has 2 heterocycles. The fourth-order valence-corrected chi connectivity index (χ4v) is 7.88. The number of hydrogen-bond acceptors (Lipinski definition) is 12. The molecule has 3 aromatic carbocycles. The standard InChI is InChI=1S/C39H51N5O10S/c1-9-51-36(45)22-31(28-19-32-37(34(20-28)49-8)43(7)42-41-32)27-11-10-25(2)29(18-27)24-44-23-26(3)53-33-21-30(12-13-35(33)55(44,47)48)52-17-16-50-15-14-40-38(46)54-39(4,5)6/h10-13,18-21,26,31H,9,14-17,22-24H2,1-8H3,(H,40,46)/t26-,31?/m1/s1.